The quantitative estimate of drug-likeness (QED) is 0.735. The first-order valence-corrected chi connectivity index (χ1v) is 9.13. The van der Waals surface area contributed by atoms with E-state index >= 15 is 0 Å². The lowest BCUT2D eigenvalue weighted by Gasteiger charge is -2.16. The van der Waals surface area contributed by atoms with Crippen LogP contribution in [-0.4, -0.2) is 44.3 Å². The standard InChI is InChI=1S/C19H19N7O2/c1-11-7-12-13(14(22-11)8-20-2)9-26(19(12)27)16-4-3-15-17(23-16)18-24-21-10-25(18)5-6-28-15/h3-4,7,10,20H,5-6,8-9H2,1-2H3. The van der Waals surface area contributed by atoms with Gasteiger partial charge in [0, 0.05) is 23.4 Å². The summed E-state index contributed by atoms with van der Waals surface area (Å²) in [4.78, 5) is 24.1. The zero-order valence-corrected chi connectivity index (χ0v) is 15.6. The van der Waals surface area contributed by atoms with Crippen LogP contribution in [-0.2, 0) is 19.6 Å². The molecule has 2 aliphatic rings. The molecule has 0 saturated carbocycles. The van der Waals surface area contributed by atoms with E-state index in [-0.39, 0.29) is 5.91 Å². The van der Waals surface area contributed by atoms with Crippen molar-refractivity contribution in [3.63, 3.8) is 0 Å². The fraction of sp³-hybridized carbons (Fsp3) is 0.316. The summed E-state index contributed by atoms with van der Waals surface area (Å²) in [6.07, 6.45) is 1.66. The maximum absolute atomic E-state index is 13.1. The number of rotatable bonds is 3. The van der Waals surface area contributed by atoms with Gasteiger partial charge in [-0.15, -0.1) is 10.2 Å². The lowest BCUT2D eigenvalue weighted by atomic mass is 10.1. The van der Waals surface area contributed by atoms with Gasteiger partial charge in [0.2, 0.25) is 0 Å². The van der Waals surface area contributed by atoms with E-state index in [4.69, 9.17) is 9.72 Å². The largest absolute Gasteiger partial charge is 0.489 e. The normalized spacial score (nSPS) is 14.9. The number of amides is 1. The van der Waals surface area contributed by atoms with Gasteiger partial charge in [-0.2, -0.15) is 0 Å². The molecule has 0 aromatic carbocycles. The molecule has 9 heteroatoms. The summed E-state index contributed by atoms with van der Waals surface area (Å²) in [6, 6.07) is 5.50. The summed E-state index contributed by atoms with van der Waals surface area (Å²) in [5.74, 6) is 1.79. The zero-order valence-electron chi connectivity index (χ0n) is 15.6. The van der Waals surface area contributed by atoms with E-state index in [1.165, 1.54) is 0 Å². The summed E-state index contributed by atoms with van der Waals surface area (Å²) in [7, 11) is 1.87. The van der Waals surface area contributed by atoms with Gasteiger partial charge in [0.1, 0.15) is 24.5 Å². The molecule has 3 aromatic rings. The summed E-state index contributed by atoms with van der Waals surface area (Å²) >= 11 is 0. The van der Waals surface area contributed by atoms with E-state index in [0.717, 1.165) is 17.0 Å². The number of aryl methyl sites for hydroxylation is 1. The smallest absolute Gasteiger partial charge is 0.260 e. The summed E-state index contributed by atoms with van der Waals surface area (Å²) in [5.41, 5.74) is 3.96. The van der Waals surface area contributed by atoms with Crippen molar-refractivity contribution in [1.29, 1.82) is 0 Å². The molecule has 3 aromatic heterocycles. The third-order valence-electron chi connectivity index (χ3n) is 5.01. The van der Waals surface area contributed by atoms with Crippen LogP contribution in [0.15, 0.2) is 24.5 Å². The van der Waals surface area contributed by atoms with Crippen molar-refractivity contribution < 1.29 is 9.53 Å². The highest BCUT2D eigenvalue weighted by Gasteiger charge is 2.33. The van der Waals surface area contributed by atoms with Gasteiger partial charge in [0.25, 0.3) is 5.91 Å². The van der Waals surface area contributed by atoms with Crippen LogP contribution in [0.5, 0.6) is 5.75 Å². The van der Waals surface area contributed by atoms with Crippen LogP contribution in [0.25, 0.3) is 11.5 Å². The molecule has 0 bridgehead atoms. The Morgan fingerprint density at radius 2 is 2.18 bits per heavy atom. The third kappa shape index (κ3) is 2.55. The van der Waals surface area contributed by atoms with Gasteiger partial charge >= 0.3 is 0 Å². The summed E-state index contributed by atoms with van der Waals surface area (Å²) in [6.45, 7) is 4.13. The van der Waals surface area contributed by atoms with Crippen molar-refractivity contribution in [2.45, 2.75) is 26.6 Å². The summed E-state index contributed by atoms with van der Waals surface area (Å²) in [5, 5.41) is 11.3. The van der Waals surface area contributed by atoms with E-state index in [9.17, 15) is 4.79 Å². The Labute approximate surface area is 161 Å². The molecule has 28 heavy (non-hydrogen) atoms. The van der Waals surface area contributed by atoms with Gasteiger partial charge in [0.15, 0.2) is 11.5 Å². The highest BCUT2D eigenvalue weighted by molar-refractivity contribution is 6.09. The second-order valence-corrected chi connectivity index (χ2v) is 6.87. The van der Waals surface area contributed by atoms with Crippen molar-refractivity contribution in [3.8, 4) is 17.3 Å². The van der Waals surface area contributed by atoms with E-state index in [1.54, 1.807) is 11.2 Å². The fourth-order valence-electron chi connectivity index (χ4n) is 3.72. The molecule has 5 heterocycles. The lowest BCUT2D eigenvalue weighted by Crippen LogP contribution is -2.24. The minimum Gasteiger partial charge on any atom is -0.489 e. The Hall–Kier alpha value is -3.33. The number of aromatic nitrogens is 5. The van der Waals surface area contributed by atoms with Crippen LogP contribution in [0.4, 0.5) is 5.82 Å². The van der Waals surface area contributed by atoms with E-state index in [1.807, 2.05) is 36.7 Å². The number of anilines is 1. The number of ether oxygens (including phenoxy) is 1. The molecule has 0 unspecified atom stereocenters. The Balaban J connectivity index is 1.57. The molecule has 0 saturated heterocycles. The van der Waals surface area contributed by atoms with E-state index in [2.05, 4.69) is 20.5 Å². The number of hydrogen-bond donors (Lipinski definition) is 1. The van der Waals surface area contributed by atoms with Crippen molar-refractivity contribution >= 4 is 11.7 Å². The first-order chi connectivity index (χ1) is 13.7. The van der Waals surface area contributed by atoms with Crippen LogP contribution >= 0.6 is 0 Å². The molecule has 9 nitrogen and oxygen atoms in total. The molecule has 1 N–H and O–H groups in total. The SMILES string of the molecule is CNCc1nc(C)cc2c1CN(c1ccc3c(n1)-c1nncn1CCO3)C2=O. The highest BCUT2D eigenvalue weighted by atomic mass is 16.5. The van der Waals surface area contributed by atoms with Crippen LogP contribution in [0, 0.1) is 6.92 Å². The molecule has 0 fully saturated rings. The number of nitrogens with one attached hydrogen (secondary N) is 1. The number of carbonyl (C=O) groups is 1. The molecule has 0 atom stereocenters. The summed E-state index contributed by atoms with van der Waals surface area (Å²) < 4.78 is 7.69. The van der Waals surface area contributed by atoms with Crippen LogP contribution in [0.3, 0.4) is 0 Å². The highest BCUT2D eigenvalue weighted by Crippen LogP contribution is 2.34. The average molecular weight is 377 g/mol. The third-order valence-corrected chi connectivity index (χ3v) is 5.01. The van der Waals surface area contributed by atoms with Gasteiger partial charge in [-0.3, -0.25) is 14.7 Å². The zero-order chi connectivity index (χ0) is 19.3. The fourth-order valence-corrected chi connectivity index (χ4v) is 3.72. The predicted octanol–water partition coefficient (Wildman–Crippen LogP) is 1.32. The minimum absolute atomic E-state index is 0.0682. The second-order valence-electron chi connectivity index (χ2n) is 6.87. The molecule has 1 amide bonds. The first kappa shape index (κ1) is 16.8. The molecular weight excluding hydrogens is 358 g/mol. The van der Waals surface area contributed by atoms with Crippen LogP contribution < -0.4 is 15.0 Å². The lowest BCUT2D eigenvalue weighted by molar-refractivity contribution is 0.0995. The molecule has 0 radical (unpaired) electrons. The maximum atomic E-state index is 13.1. The molecule has 0 spiro atoms. The number of nitrogens with zero attached hydrogens (tertiary/aromatic N) is 6. The van der Waals surface area contributed by atoms with Crippen molar-refractivity contribution in [2.75, 3.05) is 18.6 Å². The predicted molar refractivity (Wildman–Crippen MR) is 101 cm³/mol. The monoisotopic (exact) mass is 377 g/mol. The Bertz CT molecular complexity index is 1090. The molecular formula is C19H19N7O2. The number of fused-ring (bicyclic) bond motifs is 4. The number of carbonyl (C=O) groups excluding carboxylic acids is 1. The maximum Gasteiger partial charge on any atom is 0.260 e. The van der Waals surface area contributed by atoms with Gasteiger partial charge in [-0.05, 0) is 32.2 Å². The Morgan fingerprint density at radius 3 is 3.04 bits per heavy atom. The van der Waals surface area contributed by atoms with Gasteiger partial charge in [-0.1, -0.05) is 0 Å². The van der Waals surface area contributed by atoms with Gasteiger partial charge in [0.05, 0.1) is 18.8 Å². The topological polar surface area (TPSA) is 98.1 Å². The van der Waals surface area contributed by atoms with Gasteiger partial charge in [-0.25, -0.2) is 4.98 Å². The minimum atomic E-state index is -0.0682. The average Bonchev–Trinajstić information content (AvgIpc) is 3.23. The molecule has 142 valence electrons. The van der Waals surface area contributed by atoms with E-state index in [0.29, 0.717) is 54.9 Å². The van der Waals surface area contributed by atoms with E-state index < -0.39 is 0 Å². The number of pyridine rings is 2. The molecule has 0 aliphatic carbocycles. The molecule has 5 rings (SSSR count). The first-order valence-electron chi connectivity index (χ1n) is 9.13. The Kier molecular flexibility index (Phi) is 3.83. The van der Waals surface area contributed by atoms with Crippen LogP contribution in [0.2, 0.25) is 0 Å². The van der Waals surface area contributed by atoms with Crippen molar-refractivity contribution in [3.05, 3.63) is 47.0 Å². The van der Waals surface area contributed by atoms with Crippen LogP contribution in [0.1, 0.15) is 27.3 Å². The Morgan fingerprint density at radius 1 is 1.29 bits per heavy atom. The number of hydrogen-bond acceptors (Lipinski definition) is 7. The van der Waals surface area contributed by atoms with Gasteiger partial charge < -0.3 is 14.6 Å². The second kappa shape index (κ2) is 6.38. The van der Waals surface area contributed by atoms with Crippen molar-refractivity contribution in [1.82, 2.24) is 30.0 Å². The molecule has 2 aliphatic heterocycles. The van der Waals surface area contributed by atoms with Crippen molar-refractivity contribution in [2.24, 2.45) is 0 Å².